The van der Waals surface area contributed by atoms with Crippen molar-refractivity contribution < 1.29 is 9.53 Å². The Bertz CT molecular complexity index is 193. The minimum atomic E-state index is 0.122. The molecule has 1 aliphatic rings. The van der Waals surface area contributed by atoms with E-state index in [2.05, 4.69) is 5.32 Å². The number of nitrogens with one attached hydrogen (secondary N) is 1. The zero-order valence-corrected chi connectivity index (χ0v) is 9.25. The van der Waals surface area contributed by atoms with E-state index >= 15 is 0 Å². The topological polar surface area (TPSA) is 41.6 Å². The number of carbonyl (C=O) groups is 1. The quantitative estimate of drug-likeness (QED) is 0.660. The molecule has 0 aliphatic heterocycles. The van der Waals surface area contributed by atoms with Crippen molar-refractivity contribution in [3.05, 3.63) is 0 Å². The van der Waals surface area contributed by atoms with Crippen LogP contribution in [0.2, 0.25) is 0 Å². The van der Waals surface area contributed by atoms with Gasteiger partial charge in [-0.3, -0.25) is 4.79 Å². The monoisotopic (exact) mass is 200 g/mol. The zero-order valence-electron chi connectivity index (χ0n) is 9.25. The fourth-order valence-electron chi connectivity index (χ4n) is 1.50. The van der Waals surface area contributed by atoms with Crippen LogP contribution in [-0.2, 0) is 9.53 Å². The number of likely N-dealkylation sites (N-methyl/N-ethyl adjacent to an activating group) is 2. The van der Waals surface area contributed by atoms with Crippen molar-refractivity contribution in [2.45, 2.75) is 19.4 Å². The molecule has 2 unspecified atom stereocenters. The van der Waals surface area contributed by atoms with E-state index in [1.165, 1.54) is 0 Å². The molecular weight excluding hydrogens is 180 g/mol. The molecule has 1 amide bonds. The van der Waals surface area contributed by atoms with Crippen LogP contribution < -0.4 is 5.32 Å². The number of rotatable bonds is 6. The van der Waals surface area contributed by atoms with Crippen LogP contribution in [0.25, 0.3) is 0 Å². The molecule has 0 saturated heterocycles. The highest BCUT2D eigenvalue weighted by Crippen LogP contribution is 2.34. The van der Waals surface area contributed by atoms with E-state index < -0.39 is 0 Å². The number of carbonyl (C=O) groups excluding carboxylic acids is 1. The Morgan fingerprint density at radius 1 is 1.64 bits per heavy atom. The third kappa shape index (κ3) is 2.96. The SMILES string of the molecule is CCOC1CC1C(=O)N(C)CCNC. The Balaban J connectivity index is 2.22. The lowest BCUT2D eigenvalue weighted by Gasteiger charge is -2.16. The molecule has 0 bridgehead atoms. The Morgan fingerprint density at radius 2 is 2.36 bits per heavy atom. The lowest BCUT2D eigenvalue weighted by atomic mass is 10.3. The van der Waals surface area contributed by atoms with Gasteiger partial charge in [0.25, 0.3) is 0 Å². The van der Waals surface area contributed by atoms with Gasteiger partial charge in [-0.15, -0.1) is 0 Å². The van der Waals surface area contributed by atoms with Crippen molar-refractivity contribution in [2.24, 2.45) is 5.92 Å². The molecule has 1 saturated carbocycles. The molecule has 0 spiro atoms. The maximum atomic E-state index is 11.7. The molecule has 4 nitrogen and oxygen atoms in total. The van der Waals surface area contributed by atoms with Gasteiger partial charge in [0.2, 0.25) is 5.91 Å². The van der Waals surface area contributed by atoms with Gasteiger partial charge >= 0.3 is 0 Å². The molecule has 2 atom stereocenters. The molecule has 1 fully saturated rings. The number of amides is 1. The molecule has 1 rings (SSSR count). The first-order valence-electron chi connectivity index (χ1n) is 5.21. The van der Waals surface area contributed by atoms with Crippen molar-refractivity contribution >= 4 is 5.91 Å². The first-order chi connectivity index (χ1) is 6.70. The van der Waals surface area contributed by atoms with Crippen LogP contribution in [0.1, 0.15) is 13.3 Å². The standard InChI is InChI=1S/C10H20N2O2/c1-4-14-9-7-8(9)10(13)12(3)6-5-11-2/h8-9,11H,4-7H2,1-3H3. The van der Waals surface area contributed by atoms with Crippen LogP contribution in [-0.4, -0.2) is 50.7 Å². The van der Waals surface area contributed by atoms with Crippen molar-refractivity contribution in [1.29, 1.82) is 0 Å². The van der Waals surface area contributed by atoms with Crippen molar-refractivity contribution in [1.82, 2.24) is 10.2 Å². The van der Waals surface area contributed by atoms with Crippen LogP contribution in [0.5, 0.6) is 0 Å². The van der Waals surface area contributed by atoms with E-state index in [1.807, 2.05) is 21.0 Å². The van der Waals surface area contributed by atoms with Gasteiger partial charge in [0, 0.05) is 26.7 Å². The summed E-state index contributed by atoms with van der Waals surface area (Å²) >= 11 is 0. The fourth-order valence-corrected chi connectivity index (χ4v) is 1.50. The summed E-state index contributed by atoms with van der Waals surface area (Å²) in [5.74, 6) is 0.343. The molecule has 14 heavy (non-hydrogen) atoms. The van der Waals surface area contributed by atoms with E-state index in [0.29, 0.717) is 6.61 Å². The summed E-state index contributed by atoms with van der Waals surface area (Å²) < 4.78 is 5.38. The summed E-state index contributed by atoms with van der Waals surface area (Å²) in [6.45, 7) is 4.28. The van der Waals surface area contributed by atoms with E-state index in [0.717, 1.165) is 19.5 Å². The van der Waals surface area contributed by atoms with Gasteiger partial charge in [-0.2, -0.15) is 0 Å². The van der Waals surface area contributed by atoms with Gasteiger partial charge in [-0.05, 0) is 20.4 Å². The number of hydrogen-bond acceptors (Lipinski definition) is 3. The van der Waals surface area contributed by atoms with Gasteiger partial charge in [-0.25, -0.2) is 0 Å². The minimum absolute atomic E-state index is 0.122. The molecular formula is C10H20N2O2. The number of nitrogens with zero attached hydrogens (tertiary/aromatic N) is 1. The lowest BCUT2D eigenvalue weighted by Crippen LogP contribution is -2.34. The molecule has 0 aromatic heterocycles. The lowest BCUT2D eigenvalue weighted by molar-refractivity contribution is -0.132. The van der Waals surface area contributed by atoms with Crippen LogP contribution in [0.15, 0.2) is 0 Å². The highest BCUT2D eigenvalue weighted by atomic mass is 16.5. The smallest absolute Gasteiger partial charge is 0.228 e. The van der Waals surface area contributed by atoms with E-state index in [4.69, 9.17) is 4.74 Å². The average Bonchev–Trinajstić information content (AvgIpc) is 2.93. The van der Waals surface area contributed by atoms with Gasteiger partial charge in [-0.1, -0.05) is 0 Å². The molecule has 0 aromatic rings. The second kappa shape index (κ2) is 5.32. The molecule has 0 heterocycles. The highest BCUT2D eigenvalue weighted by molar-refractivity contribution is 5.81. The normalized spacial score (nSPS) is 24.8. The maximum Gasteiger partial charge on any atom is 0.228 e. The number of hydrogen-bond donors (Lipinski definition) is 1. The van der Waals surface area contributed by atoms with Gasteiger partial charge in [0.1, 0.15) is 0 Å². The predicted molar refractivity (Wildman–Crippen MR) is 55.1 cm³/mol. The maximum absolute atomic E-state index is 11.7. The summed E-state index contributed by atoms with van der Waals surface area (Å²) in [7, 11) is 3.74. The molecule has 1 aliphatic carbocycles. The van der Waals surface area contributed by atoms with E-state index in [-0.39, 0.29) is 17.9 Å². The first kappa shape index (κ1) is 11.5. The van der Waals surface area contributed by atoms with E-state index in [1.54, 1.807) is 4.90 Å². The minimum Gasteiger partial charge on any atom is -0.378 e. The second-order valence-electron chi connectivity index (χ2n) is 3.70. The van der Waals surface area contributed by atoms with E-state index in [9.17, 15) is 4.79 Å². The molecule has 1 N–H and O–H groups in total. The van der Waals surface area contributed by atoms with Crippen molar-refractivity contribution in [2.75, 3.05) is 33.8 Å². The summed E-state index contributed by atoms with van der Waals surface area (Å²) in [4.78, 5) is 13.5. The third-order valence-corrected chi connectivity index (χ3v) is 2.50. The Morgan fingerprint density at radius 3 is 2.93 bits per heavy atom. The first-order valence-corrected chi connectivity index (χ1v) is 5.21. The summed E-state index contributed by atoms with van der Waals surface area (Å²) in [5.41, 5.74) is 0. The average molecular weight is 200 g/mol. The molecule has 4 heteroatoms. The van der Waals surface area contributed by atoms with Crippen LogP contribution in [0.4, 0.5) is 0 Å². The predicted octanol–water partition coefficient (Wildman–Crippen LogP) is 0.0892. The number of ether oxygens (including phenoxy) is 1. The molecule has 82 valence electrons. The van der Waals surface area contributed by atoms with Crippen LogP contribution in [0, 0.1) is 5.92 Å². The second-order valence-corrected chi connectivity index (χ2v) is 3.70. The van der Waals surface area contributed by atoms with Gasteiger partial charge < -0.3 is 15.0 Å². The summed E-state index contributed by atoms with van der Waals surface area (Å²) in [6, 6.07) is 0. The van der Waals surface area contributed by atoms with Crippen molar-refractivity contribution in [3.63, 3.8) is 0 Å². The largest absolute Gasteiger partial charge is 0.378 e. The van der Waals surface area contributed by atoms with Gasteiger partial charge in [0.15, 0.2) is 0 Å². The van der Waals surface area contributed by atoms with Crippen molar-refractivity contribution in [3.8, 4) is 0 Å². The third-order valence-electron chi connectivity index (χ3n) is 2.50. The fraction of sp³-hybridized carbons (Fsp3) is 0.900. The van der Waals surface area contributed by atoms with Crippen LogP contribution >= 0.6 is 0 Å². The summed E-state index contributed by atoms with van der Waals surface area (Å²) in [5, 5.41) is 3.02. The highest BCUT2D eigenvalue weighted by Gasteiger charge is 2.45. The Labute approximate surface area is 85.6 Å². The zero-order chi connectivity index (χ0) is 10.6. The summed E-state index contributed by atoms with van der Waals surface area (Å²) in [6.07, 6.45) is 1.08. The van der Waals surface area contributed by atoms with Crippen LogP contribution in [0.3, 0.4) is 0 Å². The molecule has 0 aromatic carbocycles. The Kier molecular flexibility index (Phi) is 4.35. The molecule has 0 radical (unpaired) electrons. The van der Waals surface area contributed by atoms with Gasteiger partial charge in [0.05, 0.1) is 12.0 Å². The Hall–Kier alpha value is -0.610.